The fraction of sp³-hybridized carbons (Fsp3) is 0.304. The van der Waals surface area contributed by atoms with Crippen LogP contribution in [0, 0.1) is 5.92 Å². The maximum Gasteiger partial charge on any atom is 0.328 e. The highest BCUT2D eigenvalue weighted by molar-refractivity contribution is 6.22. The molecule has 2 atom stereocenters. The molecule has 0 saturated heterocycles. The van der Waals surface area contributed by atoms with Crippen LogP contribution in [0.1, 0.15) is 56.9 Å². The highest BCUT2D eigenvalue weighted by Crippen LogP contribution is 2.26. The van der Waals surface area contributed by atoms with Crippen LogP contribution < -0.4 is 5.32 Å². The number of esters is 1. The molecule has 0 saturated carbocycles. The lowest BCUT2D eigenvalue weighted by Gasteiger charge is -2.21. The number of fused-ring (bicyclic) bond motifs is 1. The van der Waals surface area contributed by atoms with Crippen molar-refractivity contribution in [3.05, 3.63) is 70.8 Å². The summed E-state index contributed by atoms with van der Waals surface area (Å²) >= 11 is 0. The van der Waals surface area contributed by atoms with Crippen molar-refractivity contribution in [2.45, 2.75) is 32.9 Å². The number of rotatable bonds is 7. The molecular weight excluding hydrogens is 384 g/mol. The van der Waals surface area contributed by atoms with Crippen molar-refractivity contribution in [1.29, 1.82) is 0 Å². The van der Waals surface area contributed by atoms with Crippen LogP contribution in [-0.4, -0.2) is 41.7 Å². The molecule has 1 aliphatic heterocycles. The van der Waals surface area contributed by atoms with Gasteiger partial charge in [-0.3, -0.25) is 19.3 Å². The lowest BCUT2D eigenvalue weighted by molar-refractivity contribution is -0.144. The van der Waals surface area contributed by atoms with E-state index >= 15 is 0 Å². The number of imide groups is 1. The number of hydrogen-bond acceptors (Lipinski definition) is 5. The molecule has 3 rings (SSSR count). The molecule has 7 heteroatoms. The zero-order valence-electron chi connectivity index (χ0n) is 17.2. The highest BCUT2D eigenvalue weighted by atomic mass is 16.5. The first-order valence-corrected chi connectivity index (χ1v) is 9.80. The average Bonchev–Trinajstić information content (AvgIpc) is 3.01. The molecule has 0 aliphatic carbocycles. The smallest absolute Gasteiger partial charge is 0.328 e. The highest BCUT2D eigenvalue weighted by Gasteiger charge is 2.36. The molecule has 0 spiro atoms. The van der Waals surface area contributed by atoms with Crippen LogP contribution in [0.4, 0.5) is 0 Å². The van der Waals surface area contributed by atoms with Crippen molar-refractivity contribution in [2.24, 2.45) is 5.92 Å². The summed E-state index contributed by atoms with van der Waals surface area (Å²) in [6, 6.07) is 12.8. The zero-order valence-corrected chi connectivity index (χ0v) is 17.2. The van der Waals surface area contributed by atoms with Gasteiger partial charge in [0.25, 0.3) is 17.7 Å². The predicted octanol–water partition coefficient (Wildman–Crippen LogP) is 2.80. The number of ether oxygens (including phenoxy) is 1. The second kappa shape index (κ2) is 8.90. The lowest BCUT2D eigenvalue weighted by atomic mass is 9.98. The Kier molecular flexibility index (Phi) is 6.30. The molecule has 1 heterocycles. The van der Waals surface area contributed by atoms with Gasteiger partial charge in [-0.25, -0.2) is 4.79 Å². The maximum absolute atomic E-state index is 12.8. The van der Waals surface area contributed by atoms with E-state index in [1.54, 1.807) is 0 Å². The maximum atomic E-state index is 12.8. The van der Waals surface area contributed by atoms with Crippen molar-refractivity contribution in [1.82, 2.24) is 10.2 Å². The Morgan fingerprint density at radius 2 is 1.70 bits per heavy atom. The molecule has 30 heavy (non-hydrogen) atoms. The Labute approximate surface area is 175 Å². The summed E-state index contributed by atoms with van der Waals surface area (Å²) in [5, 5.41) is 2.68. The minimum atomic E-state index is -0.798. The van der Waals surface area contributed by atoms with Crippen molar-refractivity contribution in [3.8, 4) is 0 Å². The lowest BCUT2D eigenvalue weighted by Crippen LogP contribution is -2.45. The molecule has 0 aromatic heterocycles. The monoisotopic (exact) mass is 408 g/mol. The molecule has 0 bridgehead atoms. The summed E-state index contributed by atoms with van der Waals surface area (Å²) < 4.78 is 4.79. The fourth-order valence-corrected chi connectivity index (χ4v) is 3.36. The van der Waals surface area contributed by atoms with Gasteiger partial charge in [-0.1, -0.05) is 50.6 Å². The largest absolute Gasteiger partial charge is 0.467 e. The van der Waals surface area contributed by atoms with Crippen LogP contribution in [0.25, 0.3) is 0 Å². The number of nitrogens with zero attached hydrogens (tertiary/aromatic N) is 1. The van der Waals surface area contributed by atoms with Gasteiger partial charge < -0.3 is 10.1 Å². The van der Waals surface area contributed by atoms with E-state index in [2.05, 4.69) is 5.32 Å². The Bertz CT molecular complexity index is 986. The van der Waals surface area contributed by atoms with E-state index in [9.17, 15) is 19.2 Å². The van der Waals surface area contributed by atoms with Gasteiger partial charge in [-0.15, -0.1) is 0 Å². The second-order valence-electron chi connectivity index (χ2n) is 7.30. The zero-order chi connectivity index (χ0) is 21.8. The first-order valence-electron chi connectivity index (χ1n) is 9.80. The number of carbonyl (C=O) groups is 4. The van der Waals surface area contributed by atoms with Gasteiger partial charge in [-0.2, -0.15) is 0 Å². The molecule has 0 radical (unpaired) electrons. The fourth-order valence-electron chi connectivity index (χ4n) is 3.36. The van der Waals surface area contributed by atoms with Gasteiger partial charge in [0.15, 0.2) is 0 Å². The number of benzene rings is 2. The van der Waals surface area contributed by atoms with E-state index < -0.39 is 29.7 Å². The van der Waals surface area contributed by atoms with Crippen LogP contribution in [0.2, 0.25) is 0 Å². The average molecular weight is 408 g/mol. The summed E-state index contributed by atoms with van der Waals surface area (Å²) in [5.41, 5.74) is 1.48. The van der Waals surface area contributed by atoms with Crippen molar-refractivity contribution in [2.75, 3.05) is 7.11 Å². The number of hydrogen-bond donors (Lipinski definition) is 1. The van der Waals surface area contributed by atoms with Crippen LogP contribution in [0.5, 0.6) is 0 Å². The molecule has 3 amide bonds. The summed E-state index contributed by atoms with van der Waals surface area (Å²) in [6.07, 6.45) is 0.672. The predicted molar refractivity (Wildman–Crippen MR) is 110 cm³/mol. The molecule has 2 aromatic rings. The Hall–Kier alpha value is -3.48. The third-order valence-electron chi connectivity index (χ3n) is 5.37. The minimum absolute atomic E-state index is 0.125. The quantitative estimate of drug-likeness (QED) is 0.562. The normalized spacial score (nSPS) is 14.8. The van der Waals surface area contributed by atoms with Gasteiger partial charge in [0.1, 0.15) is 6.04 Å². The number of nitrogens with one attached hydrogen (secondary N) is 1. The van der Waals surface area contributed by atoms with Crippen molar-refractivity contribution >= 4 is 23.7 Å². The van der Waals surface area contributed by atoms with Crippen molar-refractivity contribution < 1.29 is 23.9 Å². The Balaban J connectivity index is 1.82. The molecular formula is C23H24N2O5. The van der Waals surface area contributed by atoms with Crippen LogP contribution >= 0.6 is 0 Å². The molecule has 1 N–H and O–H groups in total. The minimum Gasteiger partial charge on any atom is -0.467 e. The van der Waals surface area contributed by atoms with Gasteiger partial charge in [0.05, 0.1) is 24.8 Å². The molecule has 0 fully saturated rings. The standard InChI is InChI=1S/C23H24N2O5/c1-4-14(2)19(23(29)30-3)24-20(26)16-10-11-17-18(12-16)22(28)25(21(17)27)13-15-8-6-5-7-9-15/h5-12,14,19H,4,13H2,1-3H3,(H,24,26)/t14-,19-/m1/s1. The summed E-state index contributed by atoms with van der Waals surface area (Å²) in [5.74, 6) is -1.99. The topological polar surface area (TPSA) is 92.8 Å². The SMILES string of the molecule is CC[C@@H](C)[C@@H](NC(=O)c1ccc2c(c1)C(=O)N(Cc1ccccc1)C2=O)C(=O)OC. The molecule has 0 unspecified atom stereocenters. The molecule has 1 aliphatic rings. The second-order valence-corrected chi connectivity index (χ2v) is 7.30. The summed E-state index contributed by atoms with van der Waals surface area (Å²) in [6.45, 7) is 3.91. The Morgan fingerprint density at radius 1 is 1.03 bits per heavy atom. The number of carbonyl (C=O) groups excluding carboxylic acids is 4. The van der Waals surface area contributed by atoms with Gasteiger partial charge in [0, 0.05) is 5.56 Å². The third-order valence-corrected chi connectivity index (χ3v) is 5.37. The summed E-state index contributed by atoms with van der Waals surface area (Å²) in [7, 11) is 1.27. The van der Waals surface area contributed by atoms with E-state index in [4.69, 9.17) is 4.74 Å². The van der Waals surface area contributed by atoms with E-state index in [0.717, 1.165) is 10.5 Å². The summed E-state index contributed by atoms with van der Waals surface area (Å²) in [4.78, 5) is 51.4. The van der Waals surface area contributed by atoms with Crippen molar-refractivity contribution in [3.63, 3.8) is 0 Å². The van der Waals surface area contributed by atoms with Gasteiger partial charge in [0.2, 0.25) is 0 Å². The van der Waals surface area contributed by atoms with E-state index in [0.29, 0.717) is 6.42 Å². The van der Waals surface area contributed by atoms with E-state index in [-0.39, 0.29) is 29.2 Å². The van der Waals surface area contributed by atoms with E-state index in [1.165, 1.54) is 25.3 Å². The van der Waals surface area contributed by atoms with Gasteiger partial charge in [-0.05, 0) is 29.7 Å². The van der Waals surface area contributed by atoms with Gasteiger partial charge >= 0.3 is 5.97 Å². The van der Waals surface area contributed by atoms with Crippen LogP contribution in [-0.2, 0) is 16.1 Å². The first kappa shape index (κ1) is 21.2. The molecule has 7 nitrogen and oxygen atoms in total. The molecule has 156 valence electrons. The number of amides is 3. The van der Waals surface area contributed by atoms with Crippen LogP contribution in [0.15, 0.2) is 48.5 Å². The Morgan fingerprint density at radius 3 is 2.33 bits per heavy atom. The van der Waals surface area contributed by atoms with E-state index in [1.807, 2.05) is 44.2 Å². The molecule has 2 aromatic carbocycles. The first-order chi connectivity index (χ1) is 14.4. The third kappa shape index (κ3) is 4.10. The van der Waals surface area contributed by atoms with Crippen LogP contribution in [0.3, 0.4) is 0 Å². The number of methoxy groups -OCH3 is 1.